The molecule has 0 aliphatic heterocycles. The van der Waals surface area contributed by atoms with E-state index in [0.29, 0.717) is 36.3 Å². The second kappa shape index (κ2) is 9.32. The lowest BCUT2D eigenvalue weighted by molar-refractivity contribution is -0.140. The van der Waals surface area contributed by atoms with Gasteiger partial charge in [-0.25, -0.2) is 4.79 Å². The van der Waals surface area contributed by atoms with Gasteiger partial charge in [0.25, 0.3) is 0 Å². The second-order valence-corrected chi connectivity index (χ2v) is 11.3. The van der Waals surface area contributed by atoms with Crippen LogP contribution in [-0.2, 0) is 17.6 Å². The van der Waals surface area contributed by atoms with Gasteiger partial charge in [0.1, 0.15) is 11.3 Å². The van der Waals surface area contributed by atoms with Crippen LogP contribution in [-0.4, -0.2) is 45.3 Å². The Morgan fingerprint density at radius 1 is 1.09 bits per heavy atom. The van der Waals surface area contributed by atoms with Crippen molar-refractivity contribution in [1.82, 2.24) is 15.4 Å². The van der Waals surface area contributed by atoms with Gasteiger partial charge in [-0.2, -0.15) is 0 Å². The van der Waals surface area contributed by atoms with E-state index in [1.807, 2.05) is 44.2 Å². The minimum Gasteiger partial charge on any atom is -0.465 e. The lowest BCUT2D eigenvalue weighted by Gasteiger charge is -2.59. The van der Waals surface area contributed by atoms with Crippen LogP contribution in [0, 0.1) is 37.5 Å². The van der Waals surface area contributed by atoms with Crippen molar-refractivity contribution in [3.63, 3.8) is 0 Å². The van der Waals surface area contributed by atoms with Gasteiger partial charge in [-0.3, -0.25) is 9.69 Å². The molecule has 4 bridgehead atoms. The summed E-state index contributed by atoms with van der Waals surface area (Å²) in [5.41, 5.74) is 1.40. The molecule has 7 heteroatoms. The van der Waals surface area contributed by atoms with E-state index in [4.69, 9.17) is 4.52 Å². The fourth-order valence-electron chi connectivity index (χ4n) is 7.51. The zero-order valence-corrected chi connectivity index (χ0v) is 21.0. The van der Waals surface area contributed by atoms with Crippen molar-refractivity contribution in [3.05, 3.63) is 52.9 Å². The number of amides is 2. The molecule has 1 unspecified atom stereocenters. The number of carbonyl (C=O) groups is 2. The van der Waals surface area contributed by atoms with Crippen LogP contribution >= 0.6 is 0 Å². The maximum atomic E-state index is 13.9. The van der Waals surface area contributed by atoms with E-state index < -0.39 is 11.6 Å². The molecule has 2 N–H and O–H groups in total. The van der Waals surface area contributed by atoms with Crippen molar-refractivity contribution in [2.24, 2.45) is 23.7 Å². The second-order valence-electron chi connectivity index (χ2n) is 11.3. The molecule has 35 heavy (non-hydrogen) atoms. The van der Waals surface area contributed by atoms with Gasteiger partial charge in [0.2, 0.25) is 5.91 Å². The third kappa shape index (κ3) is 4.45. The zero-order chi connectivity index (χ0) is 24.7. The maximum Gasteiger partial charge on any atom is 0.408 e. The molecule has 1 aromatic carbocycles. The summed E-state index contributed by atoms with van der Waals surface area (Å²) in [6.07, 6.45) is 5.56. The number of nitrogens with zero attached hydrogens (tertiary/aromatic N) is 2. The minimum atomic E-state index is -1.26. The topological polar surface area (TPSA) is 95.7 Å². The molecule has 1 atom stereocenters. The molecule has 7 nitrogen and oxygen atoms in total. The quantitative estimate of drug-likeness (QED) is 0.569. The van der Waals surface area contributed by atoms with Crippen molar-refractivity contribution in [2.45, 2.75) is 77.3 Å². The molecule has 4 saturated carbocycles. The molecule has 0 spiro atoms. The van der Waals surface area contributed by atoms with E-state index in [1.54, 1.807) is 11.8 Å². The lowest BCUT2D eigenvalue weighted by Crippen LogP contribution is -2.68. The van der Waals surface area contributed by atoms with Crippen molar-refractivity contribution < 1.29 is 19.2 Å². The van der Waals surface area contributed by atoms with Gasteiger partial charge >= 0.3 is 6.09 Å². The van der Waals surface area contributed by atoms with Crippen LogP contribution < -0.4 is 5.32 Å². The van der Waals surface area contributed by atoms with Gasteiger partial charge in [0.15, 0.2) is 0 Å². The number of aromatic nitrogens is 1. The summed E-state index contributed by atoms with van der Waals surface area (Å²) in [6, 6.07) is 9.89. The van der Waals surface area contributed by atoms with Gasteiger partial charge < -0.3 is 14.9 Å². The normalized spacial score (nSPS) is 28.5. The molecule has 4 aliphatic rings. The number of rotatable bonds is 8. The lowest BCUT2D eigenvalue weighted by atomic mass is 9.53. The third-order valence-electron chi connectivity index (χ3n) is 8.95. The number of carbonyl (C=O) groups excluding carboxylic acids is 1. The summed E-state index contributed by atoms with van der Waals surface area (Å²) in [5, 5.41) is 17.8. The van der Waals surface area contributed by atoms with Crippen LogP contribution in [0.15, 0.2) is 34.9 Å². The van der Waals surface area contributed by atoms with E-state index in [1.165, 1.54) is 6.42 Å². The maximum absolute atomic E-state index is 13.9. The number of nitrogens with one attached hydrogen (secondary N) is 1. The first kappa shape index (κ1) is 23.9. The minimum absolute atomic E-state index is 0.120. The Bertz CT molecular complexity index is 1030. The molecule has 0 saturated heterocycles. The smallest absolute Gasteiger partial charge is 0.408 e. The molecular formula is C28H37N3O4. The Hall–Kier alpha value is -2.83. The molecule has 1 aromatic heterocycles. The molecule has 0 radical (unpaired) electrons. The SMILES string of the molecule is Cc1noc(C)c1CC(C)(C(=O)NCCc1ccccc1)N(C(=O)O)C1C2CC3CC(C2)CC1C3. The van der Waals surface area contributed by atoms with Crippen molar-refractivity contribution in [3.8, 4) is 0 Å². The van der Waals surface area contributed by atoms with Crippen LogP contribution in [0.25, 0.3) is 0 Å². The Morgan fingerprint density at radius 3 is 2.26 bits per heavy atom. The summed E-state index contributed by atoms with van der Waals surface area (Å²) in [6.45, 7) is 5.94. The Labute approximate surface area is 207 Å². The highest BCUT2D eigenvalue weighted by Gasteiger charge is 2.56. The van der Waals surface area contributed by atoms with E-state index in [-0.39, 0.29) is 18.4 Å². The highest BCUT2D eigenvalue weighted by molar-refractivity contribution is 5.90. The van der Waals surface area contributed by atoms with Crippen LogP contribution in [0.4, 0.5) is 4.79 Å². The highest BCUT2D eigenvalue weighted by atomic mass is 16.5. The van der Waals surface area contributed by atoms with Gasteiger partial charge in [0.05, 0.1) is 5.69 Å². The van der Waals surface area contributed by atoms with Gasteiger partial charge in [-0.05, 0) is 88.5 Å². The number of benzene rings is 1. The predicted molar refractivity (Wildman–Crippen MR) is 132 cm³/mol. The summed E-state index contributed by atoms with van der Waals surface area (Å²) < 4.78 is 5.39. The van der Waals surface area contributed by atoms with E-state index in [0.717, 1.165) is 48.6 Å². The number of hydrogen-bond acceptors (Lipinski definition) is 4. The standard InChI is InChI=1S/C28H37N3O4/c1-17-24(18(2)35-30-17)16-28(3,26(32)29-10-9-19-7-5-4-6-8-19)31(27(33)34)25-22-12-20-11-21(14-22)15-23(25)13-20/h4-8,20-23,25H,9-16H2,1-3H3,(H,29,32)(H,33,34). The first-order chi connectivity index (χ1) is 16.8. The average molecular weight is 480 g/mol. The van der Waals surface area contributed by atoms with Crippen LogP contribution in [0.2, 0.25) is 0 Å². The Balaban J connectivity index is 1.45. The number of carboxylic acid groups (broad SMARTS) is 1. The van der Waals surface area contributed by atoms with Gasteiger partial charge in [-0.15, -0.1) is 0 Å². The first-order valence-corrected chi connectivity index (χ1v) is 13.0. The fraction of sp³-hybridized carbons (Fsp3) is 0.607. The number of hydrogen-bond donors (Lipinski definition) is 2. The van der Waals surface area contributed by atoms with Crippen molar-refractivity contribution in [1.29, 1.82) is 0 Å². The summed E-state index contributed by atoms with van der Waals surface area (Å²) in [5.74, 6) is 2.51. The molecule has 4 fully saturated rings. The zero-order valence-electron chi connectivity index (χ0n) is 21.0. The van der Waals surface area contributed by atoms with Crippen molar-refractivity contribution >= 4 is 12.0 Å². The van der Waals surface area contributed by atoms with Crippen LogP contribution in [0.5, 0.6) is 0 Å². The molecule has 2 aromatic rings. The highest BCUT2D eigenvalue weighted by Crippen LogP contribution is 2.56. The Kier molecular flexibility index (Phi) is 6.36. The number of aryl methyl sites for hydroxylation is 2. The fourth-order valence-corrected chi connectivity index (χ4v) is 7.51. The average Bonchev–Trinajstić information content (AvgIpc) is 3.13. The van der Waals surface area contributed by atoms with E-state index >= 15 is 0 Å². The van der Waals surface area contributed by atoms with Gasteiger partial charge in [0, 0.05) is 24.6 Å². The van der Waals surface area contributed by atoms with Crippen LogP contribution in [0.1, 0.15) is 61.6 Å². The monoisotopic (exact) mass is 479 g/mol. The molecule has 188 valence electrons. The molecule has 4 aliphatic carbocycles. The summed E-state index contributed by atoms with van der Waals surface area (Å²) >= 11 is 0. The molecule has 2 amide bonds. The van der Waals surface area contributed by atoms with E-state index in [2.05, 4.69) is 10.5 Å². The third-order valence-corrected chi connectivity index (χ3v) is 8.95. The molecule has 1 heterocycles. The summed E-state index contributed by atoms with van der Waals surface area (Å²) in [7, 11) is 0. The van der Waals surface area contributed by atoms with Gasteiger partial charge in [-0.1, -0.05) is 35.5 Å². The molecule has 6 rings (SSSR count). The largest absolute Gasteiger partial charge is 0.465 e. The van der Waals surface area contributed by atoms with Crippen molar-refractivity contribution in [2.75, 3.05) is 6.54 Å². The first-order valence-electron chi connectivity index (χ1n) is 13.0. The van der Waals surface area contributed by atoms with Crippen LogP contribution in [0.3, 0.4) is 0 Å². The molecular weight excluding hydrogens is 442 g/mol. The predicted octanol–water partition coefficient (Wildman–Crippen LogP) is 4.76. The Morgan fingerprint density at radius 2 is 1.71 bits per heavy atom. The summed E-state index contributed by atoms with van der Waals surface area (Å²) in [4.78, 5) is 28.4. The van der Waals surface area contributed by atoms with E-state index in [9.17, 15) is 14.7 Å².